The largest absolute Gasteiger partial charge is 0.456 e. The van der Waals surface area contributed by atoms with Crippen molar-refractivity contribution in [2.45, 2.75) is 20.3 Å². The molecule has 0 N–H and O–H groups in total. The van der Waals surface area contributed by atoms with Gasteiger partial charge in [-0.05, 0) is 37.6 Å². The van der Waals surface area contributed by atoms with Gasteiger partial charge in [-0.2, -0.15) is 0 Å². The van der Waals surface area contributed by atoms with Crippen LogP contribution >= 0.6 is 0 Å². The summed E-state index contributed by atoms with van der Waals surface area (Å²) in [5.74, 6) is 0.666. The highest BCUT2D eigenvalue weighted by molar-refractivity contribution is 5.80. The van der Waals surface area contributed by atoms with E-state index in [2.05, 4.69) is 31.2 Å². The van der Waals surface area contributed by atoms with Crippen LogP contribution in [0.4, 0.5) is 0 Å². The normalized spacial score (nSPS) is 11.0. The molecular formula is C24H20O2. The Hall–Kier alpha value is -3.13. The Morgan fingerprint density at radius 2 is 1.54 bits per heavy atom. The van der Waals surface area contributed by atoms with E-state index in [1.807, 2.05) is 55.5 Å². The fourth-order valence-corrected chi connectivity index (χ4v) is 3.39. The average molecular weight is 340 g/mol. The Balaban J connectivity index is 1.98. The molecule has 26 heavy (non-hydrogen) atoms. The van der Waals surface area contributed by atoms with Crippen LogP contribution < -0.4 is 5.43 Å². The fourth-order valence-electron chi connectivity index (χ4n) is 3.39. The Labute approximate surface area is 152 Å². The molecule has 0 aliphatic carbocycles. The van der Waals surface area contributed by atoms with Gasteiger partial charge in [-0.1, -0.05) is 65.7 Å². The summed E-state index contributed by atoms with van der Waals surface area (Å²) in [6.45, 7) is 4.11. The van der Waals surface area contributed by atoms with Gasteiger partial charge in [0.2, 0.25) is 0 Å². The molecule has 2 nitrogen and oxygen atoms in total. The van der Waals surface area contributed by atoms with E-state index in [1.54, 1.807) is 0 Å². The third-order valence-corrected chi connectivity index (χ3v) is 4.64. The summed E-state index contributed by atoms with van der Waals surface area (Å²) < 4.78 is 6.22. The summed E-state index contributed by atoms with van der Waals surface area (Å²) >= 11 is 0. The quantitative estimate of drug-likeness (QED) is 0.481. The van der Waals surface area contributed by atoms with Gasteiger partial charge in [-0.15, -0.1) is 0 Å². The second-order valence-corrected chi connectivity index (χ2v) is 6.77. The summed E-state index contributed by atoms with van der Waals surface area (Å²) in [5.41, 5.74) is 5.76. The minimum absolute atomic E-state index is 0.0462. The molecule has 4 rings (SSSR count). The Kier molecular flexibility index (Phi) is 4.18. The molecule has 0 atom stereocenters. The summed E-state index contributed by atoms with van der Waals surface area (Å²) in [6.07, 6.45) is 0.554. The third-order valence-electron chi connectivity index (χ3n) is 4.64. The molecule has 4 aromatic rings. The van der Waals surface area contributed by atoms with Crippen molar-refractivity contribution < 1.29 is 4.42 Å². The Morgan fingerprint density at radius 1 is 0.808 bits per heavy atom. The highest BCUT2D eigenvalue weighted by Crippen LogP contribution is 2.28. The van der Waals surface area contributed by atoms with Gasteiger partial charge in [0.25, 0.3) is 0 Å². The van der Waals surface area contributed by atoms with Crippen LogP contribution in [0.3, 0.4) is 0 Å². The van der Waals surface area contributed by atoms with Crippen LogP contribution in [0.2, 0.25) is 0 Å². The molecule has 0 saturated carbocycles. The first-order chi connectivity index (χ1) is 12.6. The predicted octanol–water partition coefficient (Wildman–Crippen LogP) is 5.67. The lowest BCUT2D eigenvalue weighted by Crippen LogP contribution is -2.12. The number of para-hydroxylation sites is 1. The molecule has 0 amide bonds. The van der Waals surface area contributed by atoms with E-state index in [0.29, 0.717) is 28.7 Å². The molecule has 0 saturated heterocycles. The third kappa shape index (κ3) is 3.06. The van der Waals surface area contributed by atoms with Gasteiger partial charge >= 0.3 is 0 Å². The summed E-state index contributed by atoms with van der Waals surface area (Å²) in [6, 6.07) is 23.8. The van der Waals surface area contributed by atoms with Crippen molar-refractivity contribution in [1.82, 2.24) is 0 Å². The second-order valence-electron chi connectivity index (χ2n) is 6.77. The molecule has 0 fully saturated rings. The van der Waals surface area contributed by atoms with Crippen LogP contribution in [0.1, 0.15) is 22.3 Å². The van der Waals surface area contributed by atoms with E-state index < -0.39 is 0 Å². The van der Waals surface area contributed by atoms with E-state index in [9.17, 15) is 4.79 Å². The van der Waals surface area contributed by atoms with Crippen molar-refractivity contribution >= 4 is 11.0 Å². The maximum Gasteiger partial charge on any atom is 0.196 e. The fraction of sp³-hybridized carbons (Fsp3) is 0.125. The lowest BCUT2D eigenvalue weighted by atomic mass is 9.97. The number of benzene rings is 3. The molecule has 0 aliphatic heterocycles. The van der Waals surface area contributed by atoms with E-state index in [-0.39, 0.29) is 5.43 Å². The lowest BCUT2D eigenvalue weighted by Gasteiger charge is -2.11. The van der Waals surface area contributed by atoms with Crippen LogP contribution in [0.15, 0.2) is 82.0 Å². The summed E-state index contributed by atoms with van der Waals surface area (Å²) in [4.78, 5) is 13.2. The molecule has 0 bridgehead atoms. The van der Waals surface area contributed by atoms with E-state index in [1.165, 1.54) is 5.56 Å². The molecule has 3 aromatic carbocycles. The molecule has 0 unspecified atom stereocenters. The van der Waals surface area contributed by atoms with Crippen molar-refractivity contribution in [3.05, 3.63) is 105 Å². The van der Waals surface area contributed by atoms with Gasteiger partial charge in [-0.25, -0.2) is 0 Å². The number of hydrogen-bond acceptors (Lipinski definition) is 2. The zero-order valence-electron chi connectivity index (χ0n) is 15.0. The minimum atomic E-state index is 0.0462. The summed E-state index contributed by atoms with van der Waals surface area (Å²) in [5, 5.41) is 0.631. The number of hydrogen-bond donors (Lipinski definition) is 0. The van der Waals surface area contributed by atoms with E-state index in [0.717, 1.165) is 16.7 Å². The van der Waals surface area contributed by atoms with Crippen LogP contribution in [0.25, 0.3) is 22.3 Å². The maximum atomic E-state index is 13.2. The van der Waals surface area contributed by atoms with Gasteiger partial charge in [0.1, 0.15) is 11.3 Å². The first-order valence-corrected chi connectivity index (χ1v) is 8.79. The first-order valence-electron chi connectivity index (χ1n) is 8.79. The molecular weight excluding hydrogens is 320 g/mol. The monoisotopic (exact) mass is 340 g/mol. The lowest BCUT2D eigenvalue weighted by molar-refractivity contribution is 0.611. The first kappa shape index (κ1) is 16.3. The number of fused-ring (bicyclic) bond motifs is 1. The molecule has 1 heterocycles. The molecule has 1 aromatic heterocycles. The van der Waals surface area contributed by atoms with E-state index in [4.69, 9.17) is 4.42 Å². The SMILES string of the molecule is Cc1cccc(Cc2c(-c3cccc(C)c3)oc3ccccc3c2=O)c1. The Bertz CT molecular complexity index is 1150. The predicted molar refractivity (Wildman–Crippen MR) is 107 cm³/mol. The zero-order valence-corrected chi connectivity index (χ0v) is 15.0. The second kappa shape index (κ2) is 6.64. The van der Waals surface area contributed by atoms with Crippen LogP contribution in [0, 0.1) is 13.8 Å². The highest BCUT2D eigenvalue weighted by Gasteiger charge is 2.16. The van der Waals surface area contributed by atoms with Crippen LogP contribution in [-0.4, -0.2) is 0 Å². The number of aryl methyl sites for hydroxylation is 2. The van der Waals surface area contributed by atoms with Crippen molar-refractivity contribution in [3.63, 3.8) is 0 Å². The highest BCUT2D eigenvalue weighted by atomic mass is 16.3. The van der Waals surface area contributed by atoms with Gasteiger partial charge in [-0.3, -0.25) is 4.79 Å². The maximum absolute atomic E-state index is 13.2. The van der Waals surface area contributed by atoms with E-state index >= 15 is 0 Å². The average Bonchev–Trinajstić information content (AvgIpc) is 2.64. The van der Waals surface area contributed by atoms with Gasteiger partial charge < -0.3 is 4.42 Å². The van der Waals surface area contributed by atoms with Gasteiger partial charge in [0, 0.05) is 17.5 Å². The van der Waals surface area contributed by atoms with Gasteiger partial charge in [0.05, 0.1) is 5.39 Å². The van der Waals surface area contributed by atoms with Crippen LogP contribution in [0.5, 0.6) is 0 Å². The number of rotatable bonds is 3. The zero-order chi connectivity index (χ0) is 18.1. The van der Waals surface area contributed by atoms with Gasteiger partial charge in [0.15, 0.2) is 5.43 Å². The standard InChI is InChI=1S/C24H20O2/c1-16-7-5-9-18(13-16)15-21-23(25)20-11-3-4-12-22(20)26-24(21)19-10-6-8-17(2)14-19/h3-14H,15H2,1-2H3. The van der Waals surface area contributed by atoms with Crippen molar-refractivity contribution in [3.8, 4) is 11.3 Å². The Morgan fingerprint density at radius 3 is 2.31 bits per heavy atom. The smallest absolute Gasteiger partial charge is 0.196 e. The van der Waals surface area contributed by atoms with Crippen molar-refractivity contribution in [2.24, 2.45) is 0 Å². The molecule has 128 valence electrons. The molecule has 0 radical (unpaired) electrons. The van der Waals surface area contributed by atoms with Crippen molar-refractivity contribution in [2.75, 3.05) is 0 Å². The molecule has 0 spiro atoms. The van der Waals surface area contributed by atoms with Crippen molar-refractivity contribution in [1.29, 1.82) is 0 Å². The topological polar surface area (TPSA) is 30.2 Å². The minimum Gasteiger partial charge on any atom is -0.456 e. The molecule has 2 heteroatoms. The summed E-state index contributed by atoms with van der Waals surface area (Å²) in [7, 11) is 0. The molecule has 0 aliphatic rings. The van der Waals surface area contributed by atoms with Crippen LogP contribution in [-0.2, 0) is 6.42 Å².